The Labute approximate surface area is 190 Å². The van der Waals surface area contributed by atoms with Gasteiger partial charge in [0.2, 0.25) is 0 Å². The molecule has 7 nitrogen and oxygen atoms in total. The van der Waals surface area contributed by atoms with E-state index in [0.29, 0.717) is 18.6 Å². The molecule has 1 aromatic carbocycles. The number of aryl methyl sites for hydroxylation is 1. The molecule has 1 atom stereocenters. The molecule has 2 aromatic heterocycles. The summed E-state index contributed by atoms with van der Waals surface area (Å²) in [6.07, 6.45) is 1.01. The lowest BCUT2D eigenvalue weighted by Crippen LogP contribution is -2.55. The summed E-state index contributed by atoms with van der Waals surface area (Å²) < 4.78 is 1.82. The van der Waals surface area contributed by atoms with Gasteiger partial charge in [-0.25, -0.2) is 0 Å². The summed E-state index contributed by atoms with van der Waals surface area (Å²) in [5, 5.41) is 21.5. The fourth-order valence-corrected chi connectivity index (χ4v) is 4.34. The first-order chi connectivity index (χ1) is 14.6. The van der Waals surface area contributed by atoms with Crippen LogP contribution in [0.15, 0.2) is 24.3 Å². The molecule has 3 rings (SSSR count). The van der Waals surface area contributed by atoms with Crippen LogP contribution >= 0.6 is 12.2 Å². The Morgan fingerprint density at radius 1 is 1.23 bits per heavy atom. The van der Waals surface area contributed by atoms with Gasteiger partial charge in [0.15, 0.2) is 10.8 Å². The van der Waals surface area contributed by atoms with Crippen molar-refractivity contribution in [2.75, 3.05) is 6.54 Å². The van der Waals surface area contributed by atoms with Crippen molar-refractivity contribution in [1.29, 1.82) is 0 Å². The second-order valence-electron chi connectivity index (χ2n) is 9.44. The van der Waals surface area contributed by atoms with E-state index in [1.54, 1.807) is 0 Å². The normalized spacial score (nSPS) is 13.2. The van der Waals surface area contributed by atoms with E-state index in [1.807, 2.05) is 4.52 Å². The molecule has 0 amide bonds. The molecular formula is C23H35N7S. The van der Waals surface area contributed by atoms with Gasteiger partial charge in [-0.2, -0.15) is 4.52 Å². The quantitative estimate of drug-likeness (QED) is 0.515. The maximum atomic E-state index is 5.85. The van der Waals surface area contributed by atoms with Gasteiger partial charge in [0.25, 0.3) is 0 Å². The maximum Gasteiger partial charge on any atom is 0.184 e. The molecule has 31 heavy (non-hydrogen) atoms. The Morgan fingerprint density at radius 3 is 2.65 bits per heavy atom. The second kappa shape index (κ2) is 9.44. The van der Waals surface area contributed by atoms with Crippen molar-refractivity contribution < 1.29 is 0 Å². The van der Waals surface area contributed by atoms with Gasteiger partial charge in [0, 0.05) is 41.7 Å². The molecule has 0 aliphatic rings. The van der Waals surface area contributed by atoms with E-state index in [4.69, 9.17) is 12.2 Å². The number of nitrogens with one attached hydrogen (secondary N) is 2. The van der Waals surface area contributed by atoms with Gasteiger partial charge in [-0.05, 0) is 75.0 Å². The van der Waals surface area contributed by atoms with Crippen LogP contribution in [0.5, 0.6) is 0 Å². The van der Waals surface area contributed by atoms with Crippen LogP contribution in [0.4, 0.5) is 0 Å². The Morgan fingerprint density at radius 2 is 1.97 bits per heavy atom. The fourth-order valence-electron chi connectivity index (χ4n) is 4.01. The number of hydrogen-bond donors (Lipinski definition) is 2. The molecule has 2 heterocycles. The molecule has 2 N–H and O–H groups in total. The predicted octanol–water partition coefficient (Wildman–Crippen LogP) is 3.84. The third-order valence-corrected chi connectivity index (χ3v) is 5.77. The second-order valence-corrected chi connectivity index (χ2v) is 9.83. The van der Waals surface area contributed by atoms with Crippen LogP contribution in [-0.4, -0.2) is 54.2 Å². The summed E-state index contributed by atoms with van der Waals surface area (Å²) >= 11 is 5.85. The number of nitrogens with zero attached hydrogens (tertiary/aromatic N) is 5. The molecule has 0 bridgehead atoms. The summed E-state index contributed by atoms with van der Waals surface area (Å²) in [5.41, 5.74) is 3.91. The molecule has 0 saturated heterocycles. The number of hydrogen-bond acceptors (Lipinski definition) is 5. The summed E-state index contributed by atoms with van der Waals surface area (Å²) in [4.78, 5) is 2.22. The Balaban J connectivity index is 2.00. The van der Waals surface area contributed by atoms with E-state index in [0.717, 1.165) is 40.2 Å². The zero-order valence-electron chi connectivity index (χ0n) is 19.7. The molecule has 0 unspecified atom stereocenters. The highest BCUT2D eigenvalue weighted by Gasteiger charge is 2.25. The minimum atomic E-state index is -0.120. The molecule has 0 aliphatic heterocycles. The average molecular weight is 442 g/mol. The molecule has 0 saturated carbocycles. The highest BCUT2D eigenvalue weighted by molar-refractivity contribution is 7.80. The number of tetrazole rings is 1. The molecule has 0 fully saturated rings. The fraction of sp³-hybridized carbons (Fsp3) is 0.565. The number of benzene rings is 1. The standard InChI is InChI=1S/C23H35N7S/c1-8-17(5)24-22(31)29(14-23(6,7)25-15(2)3)13-19-12-18-11-16(4)9-10-20(18)30-21(19)26-27-28-30/h9-12,15,17,25H,8,13-14H2,1-7H3,(H,24,31)/t17-/m1/s1. The van der Waals surface area contributed by atoms with Crippen molar-refractivity contribution in [3.05, 3.63) is 35.4 Å². The van der Waals surface area contributed by atoms with Crippen molar-refractivity contribution in [3.8, 4) is 0 Å². The SMILES string of the molecule is CC[C@@H](C)NC(=S)N(Cc1cc2cc(C)ccc2n2nnnc12)CC(C)(C)NC(C)C. The summed E-state index contributed by atoms with van der Waals surface area (Å²) in [6.45, 7) is 16.5. The molecule has 0 spiro atoms. The first-order valence-corrected chi connectivity index (χ1v) is 11.4. The monoisotopic (exact) mass is 441 g/mol. The molecule has 8 heteroatoms. The number of aromatic nitrogens is 4. The van der Waals surface area contributed by atoms with E-state index >= 15 is 0 Å². The largest absolute Gasteiger partial charge is 0.360 e. The highest BCUT2D eigenvalue weighted by Crippen LogP contribution is 2.22. The third-order valence-electron chi connectivity index (χ3n) is 5.39. The number of thiocarbonyl (C=S) groups is 1. The smallest absolute Gasteiger partial charge is 0.184 e. The van der Waals surface area contributed by atoms with Crippen molar-refractivity contribution in [3.63, 3.8) is 0 Å². The maximum absolute atomic E-state index is 5.85. The van der Waals surface area contributed by atoms with Gasteiger partial charge in [0.1, 0.15) is 0 Å². The Kier molecular flexibility index (Phi) is 7.11. The number of pyridine rings is 1. The van der Waals surface area contributed by atoms with Crippen molar-refractivity contribution in [2.45, 2.75) is 79.1 Å². The Hall–Kier alpha value is -2.32. The molecular weight excluding hydrogens is 406 g/mol. The average Bonchev–Trinajstić information content (AvgIpc) is 3.16. The highest BCUT2D eigenvalue weighted by atomic mass is 32.1. The predicted molar refractivity (Wildman–Crippen MR) is 131 cm³/mol. The number of rotatable bonds is 8. The lowest BCUT2D eigenvalue weighted by molar-refractivity contribution is 0.257. The minimum Gasteiger partial charge on any atom is -0.360 e. The summed E-state index contributed by atoms with van der Waals surface area (Å²) in [5.74, 6) is 0. The van der Waals surface area contributed by atoms with Crippen LogP contribution in [0.25, 0.3) is 16.6 Å². The van der Waals surface area contributed by atoms with Crippen molar-refractivity contribution in [1.82, 2.24) is 35.6 Å². The van der Waals surface area contributed by atoms with Gasteiger partial charge in [0.05, 0.1) is 5.52 Å². The van der Waals surface area contributed by atoms with Gasteiger partial charge in [-0.1, -0.05) is 32.4 Å². The third kappa shape index (κ3) is 5.68. The Bertz CT molecular complexity index is 1060. The van der Waals surface area contributed by atoms with E-state index in [1.165, 1.54) is 5.56 Å². The molecule has 3 aromatic rings. The molecule has 168 valence electrons. The first kappa shape index (κ1) is 23.3. The minimum absolute atomic E-state index is 0.120. The van der Waals surface area contributed by atoms with Gasteiger partial charge in [-0.3, -0.25) is 0 Å². The summed E-state index contributed by atoms with van der Waals surface area (Å²) in [7, 11) is 0. The van der Waals surface area contributed by atoms with Crippen molar-refractivity contribution in [2.24, 2.45) is 0 Å². The zero-order chi connectivity index (χ0) is 22.8. The van der Waals surface area contributed by atoms with Gasteiger partial charge >= 0.3 is 0 Å². The van der Waals surface area contributed by atoms with E-state index in [-0.39, 0.29) is 5.54 Å². The van der Waals surface area contributed by atoms with Gasteiger partial charge < -0.3 is 15.5 Å². The van der Waals surface area contributed by atoms with Gasteiger partial charge in [-0.15, -0.1) is 5.10 Å². The van der Waals surface area contributed by atoms with Crippen LogP contribution in [0.3, 0.4) is 0 Å². The van der Waals surface area contributed by atoms with Crippen LogP contribution in [0, 0.1) is 6.92 Å². The lowest BCUT2D eigenvalue weighted by Gasteiger charge is -2.37. The summed E-state index contributed by atoms with van der Waals surface area (Å²) in [6, 6.07) is 9.20. The first-order valence-electron chi connectivity index (χ1n) is 11.0. The topological polar surface area (TPSA) is 70.4 Å². The number of fused-ring (bicyclic) bond motifs is 3. The van der Waals surface area contributed by atoms with E-state index < -0.39 is 0 Å². The van der Waals surface area contributed by atoms with E-state index in [9.17, 15) is 0 Å². The van der Waals surface area contributed by atoms with Crippen LogP contribution in [0.1, 0.15) is 59.1 Å². The van der Waals surface area contributed by atoms with Crippen LogP contribution in [-0.2, 0) is 6.54 Å². The van der Waals surface area contributed by atoms with E-state index in [2.05, 4.69) is 104 Å². The molecule has 0 aliphatic carbocycles. The van der Waals surface area contributed by atoms with Crippen molar-refractivity contribution >= 4 is 33.9 Å². The van der Waals surface area contributed by atoms with Crippen LogP contribution < -0.4 is 10.6 Å². The molecule has 0 radical (unpaired) electrons. The zero-order valence-corrected chi connectivity index (χ0v) is 20.5. The van der Waals surface area contributed by atoms with Crippen LogP contribution in [0.2, 0.25) is 0 Å². The lowest BCUT2D eigenvalue weighted by atomic mass is 10.0.